The Morgan fingerprint density at radius 3 is 2.54 bits per heavy atom. The van der Waals surface area contributed by atoms with Crippen molar-refractivity contribution in [3.05, 3.63) is 29.8 Å². The molecule has 1 unspecified atom stereocenters. The molecule has 154 valence electrons. The van der Waals surface area contributed by atoms with Crippen LogP contribution in [0.3, 0.4) is 0 Å². The SMILES string of the molecule is CN=C(NCc1ccc(NC(=O)C(C)C)cc1)NC1CCN(C2CCCC2)C1. The fourth-order valence-electron chi connectivity index (χ4n) is 4.07. The second kappa shape index (κ2) is 9.92. The summed E-state index contributed by atoms with van der Waals surface area (Å²) < 4.78 is 0. The van der Waals surface area contributed by atoms with Gasteiger partial charge in [0.25, 0.3) is 0 Å². The fraction of sp³-hybridized carbons (Fsp3) is 0.636. The minimum Gasteiger partial charge on any atom is -0.352 e. The zero-order valence-electron chi connectivity index (χ0n) is 17.5. The maximum atomic E-state index is 11.8. The Kier molecular flexibility index (Phi) is 7.31. The van der Waals surface area contributed by atoms with E-state index < -0.39 is 0 Å². The van der Waals surface area contributed by atoms with E-state index in [2.05, 4.69) is 25.8 Å². The molecule has 1 aromatic carbocycles. The van der Waals surface area contributed by atoms with Gasteiger partial charge in [-0.2, -0.15) is 0 Å². The van der Waals surface area contributed by atoms with E-state index in [0.29, 0.717) is 12.6 Å². The first-order valence-electron chi connectivity index (χ1n) is 10.7. The van der Waals surface area contributed by atoms with Crippen LogP contribution in [-0.4, -0.2) is 49.0 Å². The van der Waals surface area contributed by atoms with E-state index in [-0.39, 0.29) is 11.8 Å². The summed E-state index contributed by atoms with van der Waals surface area (Å²) in [7, 11) is 1.82. The topological polar surface area (TPSA) is 68.8 Å². The smallest absolute Gasteiger partial charge is 0.226 e. The number of hydrogen-bond acceptors (Lipinski definition) is 3. The third kappa shape index (κ3) is 5.71. The number of carbonyl (C=O) groups is 1. The van der Waals surface area contributed by atoms with E-state index >= 15 is 0 Å². The van der Waals surface area contributed by atoms with Gasteiger partial charge in [-0.15, -0.1) is 0 Å². The quantitative estimate of drug-likeness (QED) is 0.520. The summed E-state index contributed by atoms with van der Waals surface area (Å²) in [5.41, 5.74) is 1.99. The lowest BCUT2D eigenvalue weighted by atomic mass is 10.1. The van der Waals surface area contributed by atoms with Crippen LogP contribution in [0.2, 0.25) is 0 Å². The van der Waals surface area contributed by atoms with Gasteiger partial charge in [-0.3, -0.25) is 14.7 Å². The molecule has 1 saturated heterocycles. The molecule has 0 spiro atoms. The molecule has 3 rings (SSSR count). The Morgan fingerprint density at radius 1 is 1.18 bits per heavy atom. The average Bonchev–Trinajstić information content (AvgIpc) is 3.37. The van der Waals surface area contributed by atoms with Crippen molar-refractivity contribution in [3.8, 4) is 0 Å². The van der Waals surface area contributed by atoms with Crippen LogP contribution < -0.4 is 16.0 Å². The first-order valence-corrected chi connectivity index (χ1v) is 10.7. The lowest BCUT2D eigenvalue weighted by molar-refractivity contribution is -0.118. The number of anilines is 1. The first-order chi connectivity index (χ1) is 13.5. The molecule has 1 atom stereocenters. The van der Waals surface area contributed by atoms with Crippen LogP contribution in [0.4, 0.5) is 5.69 Å². The second-order valence-electron chi connectivity index (χ2n) is 8.33. The molecule has 1 saturated carbocycles. The Labute approximate surface area is 169 Å². The van der Waals surface area contributed by atoms with E-state index in [0.717, 1.165) is 29.8 Å². The largest absolute Gasteiger partial charge is 0.352 e. The van der Waals surface area contributed by atoms with Crippen LogP contribution in [0.15, 0.2) is 29.3 Å². The van der Waals surface area contributed by atoms with Crippen molar-refractivity contribution in [3.63, 3.8) is 0 Å². The molecule has 0 radical (unpaired) electrons. The Hall–Kier alpha value is -2.08. The highest BCUT2D eigenvalue weighted by atomic mass is 16.1. The van der Waals surface area contributed by atoms with Gasteiger partial charge in [0.15, 0.2) is 5.96 Å². The number of carbonyl (C=O) groups excluding carboxylic acids is 1. The molecule has 0 bridgehead atoms. The molecule has 1 aromatic rings. The number of guanidine groups is 1. The van der Waals surface area contributed by atoms with E-state index in [4.69, 9.17) is 0 Å². The number of likely N-dealkylation sites (tertiary alicyclic amines) is 1. The maximum Gasteiger partial charge on any atom is 0.226 e. The van der Waals surface area contributed by atoms with Crippen LogP contribution in [0, 0.1) is 5.92 Å². The summed E-state index contributed by atoms with van der Waals surface area (Å²) >= 11 is 0. The molecule has 0 aromatic heterocycles. The van der Waals surface area contributed by atoms with Crippen LogP contribution in [0.25, 0.3) is 0 Å². The second-order valence-corrected chi connectivity index (χ2v) is 8.33. The van der Waals surface area contributed by atoms with E-state index in [9.17, 15) is 4.79 Å². The van der Waals surface area contributed by atoms with Gasteiger partial charge in [0, 0.05) is 50.4 Å². The fourth-order valence-corrected chi connectivity index (χ4v) is 4.07. The minimum absolute atomic E-state index is 0.0177. The number of nitrogens with zero attached hydrogens (tertiary/aromatic N) is 2. The first kappa shape index (κ1) is 20.6. The van der Waals surface area contributed by atoms with Crippen LogP contribution in [-0.2, 0) is 11.3 Å². The Morgan fingerprint density at radius 2 is 1.89 bits per heavy atom. The minimum atomic E-state index is -0.0177. The number of nitrogens with one attached hydrogen (secondary N) is 3. The molecular formula is C22H35N5O. The van der Waals surface area contributed by atoms with Gasteiger partial charge in [0.1, 0.15) is 0 Å². The number of aliphatic imine (C=N–C) groups is 1. The highest BCUT2D eigenvalue weighted by Gasteiger charge is 2.30. The lowest BCUT2D eigenvalue weighted by Crippen LogP contribution is -2.45. The predicted molar refractivity (Wildman–Crippen MR) is 115 cm³/mol. The van der Waals surface area contributed by atoms with Gasteiger partial charge < -0.3 is 16.0 Å². The highest BCUT2D eigenvalue weighted by Crippen LogP contribution is 2.26. The van der Waals surface area contributed by atoms with Gasteiger partial charge >= 0.3 is 0 Å². The van der Waals surface area contributed by atoms with Crippen molar-refractivity contribution in [2.75, 3.05) is 25.5 Å². The molecule has 1 amide bonds. The van der Waals surface area contributed by atoms with Gasteiger partial charge in [-0.1, -0.05) is 38.8 Å². The van der Waals surface area contributed by atoms with Crippen LogP contribution >= 0.6 is 0 Å². The van der Waals surface area contributed by atoms with Gasteiger partial charge in [0.05, 0.1) is 0 Å². The molecule has 6 heteroatoms. The number of amides is 1. The molecule has 6 nitrogen and oxygen atoms in total. The normalized spacial score (nSPS) is 21.3. The molecule has 1 heterocycles. The molecule has 1 aliphatic carbocycles. The van der Waals surface area contributed by atoms with Crippen LogP contribution in [0.1, 0.15) is 51.5 Å². The van der Waals surface area contributed by atoms with Gasteiger partial charge in [-0.05, 0) is 37.0 Å². The van der Waals surface area contributed by atoms with E-state index in [1.54, 1.807) is 0 Å². The van der Waals surface area contributed by atoms with Crippen molar-refractivity contribution >= 4 is 17.6 Å². The third-order valence-corrected chi connectivity index (χ3v) is 5.83. The molecular weight excluding hydrogens is 350 g/mol. The summed E-state index contributed by atoms with van der Waals surface area (Å²) in [5, 5.41) is 9.91. The van der Waals surface area contributed by atoms with E-state index in [1.165, 1.54) is 38.6 Å². The molecule has 2 fully saturated rings. The zero-order valence-corrected chi connectivity index (χ0v) is 17.5. The summed E-state index contributed by atoms with van der Waals surface area (Å²) in [5.74, 6) is 0.880. The van der Waals surface area contributed by atoms with Gasteiger partial charge in [0.2, 0.25) is 5.91 Å². The van der Waals surface area contributed by atoms with Crippen molar-refractivity contribution < 1.29 is 4.79 Å². The monoisotopic (exact) mass is 385 g/mol. The summed E-state index contributed by atoms with van der Waals surface area (Å²) in [6, 6.07) is 9.24. The third-order valence-electron chi connectivity index (χ3n) is 5.83. The molecule has 2 aliphatic rings. The number of benzene rings is 1. The summed E-state index contributed by atoms with van der Waals surface area (Å²) in [6.45, 7) is 6.81. The maximum absolute atomic E-state index is 11.8. The zero-order chi connectivity index (χ0) is 19.9. The molecule has 1 aliphatic heterocycles. The number of hydrogen-bond donors (Lipinski definition) is 3. The Bertz CT molecular complexity index is 664. The molecule has 3 N–H and O–H groups in total. The van der Waals surface area contributed by atoms with Crippen molar-refractivity contribution in [2.45, 2.75) is 64.6 Å². The van der Waals surface area contributed by atoms with Crippen molar-refractivity contribution in [1.29, 1.82) is 0 Å². The van der Waals surface area contributed by atoms with Crippen LogP contribution in [0.5, 0.6) is 0 Å². The highest BCUT2D eigenvalue weighted by molar-refractivity contribution is 5.92. The molecule has 28 heavy (non-hydrogen) atoms. The van der Waals surface area contributed by atoms with Gasteiger partial charge in [-0.25, -0.2) is 0 Å². The average molecular weight is 386 g/mol. The van der Waals surface area contributed by atoms with E-state index in [1.807, 2.05) is 45.2 Å². The summed E-state index contributed by atoms with van der Waals surface area (Å²) in [4.78, 5) is 18.8. The van der Waals surface area contributed by atoms with Crippen molar-refractivity contribution in [1.82, 2.24) is 15.5 Å². The lowest BCUT2D eigenvalue weighted by Gasteiger charge is -2.24. The standard InChI is InChI=1S/C22H35N5O/c1-16(2)21(28)25-18-10-8-17(9-11-18)14-24-22(23-3)26-19-12-13-27(15-19)20-6-4-5-7-20/h8-11,16,19-20H,4-7,12-15H2,1-3H3,(H,25,28)(H2,23,24,26). The Balaban J connectivity index is 1.43. The summed E-state index contributed by atoms with van der Waals surface area (Å²) in [6.07, 6.45) is 6.70. The predicted octanol–water partition coefficient (Wildman–Crippen LogP) is 2.96. The van der Waals surface area contributed by atoms with Crippen molar-refractivity contribution in [2.24, 2.45) is 10.9 Å². The number of rotatable bonds is 6.